The average Bonchev–Trinajstić information content (AvgIpc) is 3.66. The topological polar surface area (TPSA) is 75.6 Å². The van der Waals surface area contributed by atoms with Gasteiger partial charge in [0.2, 0.25) is 11.8 Å². The van der Waals surface area contributed by atoms with Gasteiger partial charge < -0.3 is 24.8 Å². The molecule has 0 unspecified atom stereocenters. The first-order valence-corrected chi connectivity index (χ1v) is 13.4. The van der Waals surface area contributed by atoms with E-state index in [-0.39, 0.29) is 29.7 Å². The van der Waals surface area contributed by atoms with Crippen LogP contribution in [-0.2, 0) is 27.4 Å². The summed E-state index contributed by atoms with van der Waals surface area (Å²) in [5.74, 6) is 0.287. The number of hydrogen-bond donors (Lipinski definition) is 2. The minimum Gasteiger partial charge on any atom is -0.385 e. The van der Waals surface area contributed by atoms with Gasteiger partial charge >= 0.3 is 0 Å². The van der Waals surface area contributed by atoms with Crippen LogP contribution in [0.5, 0.6) is 0 Å². The van der Waals surface area contributed by atoms with Crippen LogP contribution in [0.25, 0.3) is 10.9 Å². The Balaban J connectivity index is 1.46. The van der Waals surface area contributed by atoms with Gasteiger partial charge in [0.25, 0.3) is 0 Å². The molecule has 2 heterocycles. The van der Waals surface area contributed by atoms with Crippen LogP contribution < -0.4 is 10.6 Å². The van der Waals surface area contributed by atoms with Crippen LogP contribution in [-0.4, -0.2) is 60.2 Å². The van der Waals surface area contributed by atoms with Crippen LogP contribution in [0.3, 0.4) is 0 Å². The van der Waals surface area contributed by atoms with Crippen molar-refractivity contribution >= 4 is 22.7 Å². The normalized spacial score (nSPS) is 20.3. The average molecular weight is 483 g/mol. The number of piperidine rings is 1. The van der Waals surface area contributed by atoms with E-state index in [1.54, 1.807) is 7.11 Å². The van der Waals surface area contributed by atoms with Gasteiger partial charge in [-0.2, -0.15) is 0 Å². The molecule has 0 radical (unpaired) electrons. The highest BCUT2D eigenvalue weighted by Crippen LogP contribution is 2.33. The van der Waals surface area contributed by atoms with Crippen molar-refractivity contribution in [3.8, 4) is 0 Å². The van der Waals surface area contributed by atoms with Gasteiger partial charge in [0.1, 0.15) is 0 Å². The monoisotopic (exact) mass is 482 g/mol. The molecule has 1 aliphatic carbocycles. The van der Waals surface area contributed by atoms with E-state index in [4.69, 9.17) is 4.74 Å². The van der Waals surface area contributed by atoms with Crippen LogP contribution in [0.2, 0.25) is 0 Å². The lowest BCUT2D eigenvalue weighted by atomic mass is 9.93. The van der Waals surface area contributed by atoms with Crippen molar-refractivity contribution in [2.75, 3.05) is 26.8 Å². The van der Waals surface area contributed by atoms with Gasteiger partial charge in [-0.15, -0.1) is 0 Å². The lowest BCUT2D eigenvalue weighted by Crippen LogP contribution is -2.53. The second kappa shape index (κ2) is 12.0. The number of methoxy groups -OCH3 is 1. The maximum absolute atomic E-state index is 13.8. The number of nitrogens with zero attached hydrogens (tertiary/aromatic N) is 2. The van der Waals surface area contributed by atoms with E-state index in [1.807, 2.05) is 0 Å². The minimum absolute atomic E-state index is 0.00884. The van der Waals surface area contributed by atoms with Crippen molar-refractivity contribution in [1.82, 2.24) is 20.1 Å². The van der Waals surface area contributed by atoms with Gasteiger partial charge in [0.15, 0.2) is 0 Å². The van der Waals surface area contributed by atoms with Crippen LogP contribution >= 0.6 is 0 Å². The van der Waals surface area contributed by atoms with Crippen molar-refractivity contribution in [3.05, 3.63) is 36.0 Å². The third kappa shape index (κ3) is 6.25. The van der Waals surface area contributed by atoms with Gasteiger partial charge in [-0.1, -0.05) is 32.0 Å². The molecule has 0 spiro atoms. The van der Waals surface area contributed by atoms with E-state index < -0.39 is 0 Å². The molecule has 192 valence electrons. The minimum atomic E-state index is -0.105. The van der Waals surface area contributed by atoms with E-state index >= 15 is 0 Å². The van der Waals surface area contributed by atoms with E-state index in [9.17, 15) is 9.59 Å². The molecule has 2 amide bonds. The third-order valence-electron chi connectivity index (χ3n) is 7.63. The molecule has 1 aliphatic heterocycles. The molecule has 1 saturated heterocycles. The zero-order chi connectivity index (χ0) is 24.8. The van der Waals surface area contributed by atoms with E-state index in [0.717, 1.165) is 51.8 Å². The Morgan fingerprint density at radius 1 is 1.20 bits per heavy atom. The van der Waals surface area contributed by atoms with E-state index in [1.165, 1.54) is 16.5 Å². The van der Waals surface area contributed by atoms with Gasteiger partial charge in [0.05, 0.1) is 5.92 Å². The number of fused-ring (bicyclic) bond motifs is 1. The number of hydrogen-bond acceptors (Lipinski definition) is 4. The molecule has 4 rings (SSSR count). The standard InChI is InChI=1S/C28H42N4O3/c1-4-20(5-2)27(33)30-23-15-21(16-29-17-23)28(34)32(24-11-12-24)19-22-18-31(13-8-14-35-3)26-10-7-6-9-25(22)26/h6-7,9-10,18,20-21,23-24,29H,4-5,8,11-17,19H2,1-3H3,(H,30,33)/t21-,23+/m0/s1. The Morgan fingerprint density at radius 2 is 1.97 bits per heavy atom. The third-order valence-corrected chi connectivity index (χ3v) is 7.63. The maximum atomic E-state index is 13.8. The second-order valence-corrected chi connectivity index (χ2v) is 10.2. The van der Waals surface area contributed by atoms with Gasteiger partial charge in [-0.05, 0) is 50.2 Å². The Morgan fingerprint density at radius 3 is 2.69 bits per heavy atom. The quantitative estimate of drug-likeness (QED) is 0.453. The van der Waals surface area contributed by atoms with E-state index in [2.05, 4.69) is 64.4 Å². The molecule has 7 heteroatoms. The van der Waals surface area contributed by atoms with Crippen molar-refractivity contribution in [1.29, 1.82) is 0 Å². The molecule has 1 aromatic heterocycles. The molecule has 7 nitrogen and oxygen atoms in total. The van der Waals surface area contributed by atoms with Crippen molar-refractivity contribution < 1.29 is 14.3 Å². The summed E-state index contributed by atoms with van der Waals surface area (Å²) >= 11 is 0. The number of nitrogens with one attached hydrogen (secondary N) is 2. The number of aromatic nitrogens is 1. The fraction of sp³-hybridized carbons (Fsp3) is 0.643. The SMILES string of the molecule is CCC(CC)C(=O)N[C@H]1CNC[C@@H](C(=O)N(Cc2cn(CCCOC)c3ccccc23)C2CC2)C1. The van der Waals surface area contributed by atoms with Crippen LogP contribution in [0.15, 0.2) is 30.5 Å². The number of ether oxygens (including phenoxy) is 1. The Bertz CT molecular complexity index is 995. The summed E-state index contributed by atoms with van der Waals surface area (Å²) in [5.41, 5.74) is 2.42. The van der Waals surface area contributed by atoms with Crippen LogP contribution in [0.1, 0.15) is 57.9 Å². The number of amides is 2. The highest BCUT2D eigenvalue weighted by molar-refractivity contribution is 5.85. The highest BCUT2D eigenvalue weighted by Gasteiger charge is 2.38. The van der Waals surface area contributed by atoms with E-state index in [0.29, 0.717) is 25.6 Å². The lowest BCUT2D eigenvalue weighted by molar-refractivity contribution is -0.138. The molecule has 35 heavy (non-hydrogen) atoms. The van der Waals surface area contributed by atoms with Crippen LogP contribution in [0, 0.1) is 11.8 Å². The zero-order valence-electron chi connectivity index (χ0n) is 21.6. The molecule has 2 aliphatic rings. The number of carbonyl (C=O) groups is 2. The van der Waals surface area contributed by atoms with Gasteiger partial charge in [-0.25, -0.2) is 0 Å². The summed E-state index contributed by atoms with van der Waals surface area (Å²) in [6.07, 6.45) is 7.73. The summed E-state index contributed by atoms with van der Waals surface area (Å²) in [6.45, 7) is 7.80. The molecule has 2 N–H and O–H groups in total. The molecule has 0 bridgehead atoms. The fourth-order valence-corrected chi connectivity index (χ4v) is 5.42. The van der Waals surface area contributed by atoms with Gasteiger partial charge in [-0.3, -0.25) is 9.59 Å². The first kappa shape index (κ1) is 25.7. The lowest BCUT2D eigenvalue weighted by Gasteiger charge is -2.34. The summed E-state index contributed by atoms with van der Waals surface area (Å²) in [4.78, 5) is 28.5. The van der Waals surface area contributed by atoms with Crippen molar-refractivity contribution in [2.45, 2.75) is 77.5 Å². The Kier molecular flexibility index (Phi) is 8.84. The molecule has 1 aromatic carbocycles. The predicted molar refractivity (Wildman–Crippen MR) is 139 cm³/mol. The summed E-state index contributed by atoms with van der Waals surface area (Å²) in [6, 6.07) is 8.82. The van der Waals surface area contributed by atoms with Gasteiger partial charge in [0, 0.05) is 75.0 Å². The fourth-order valence-electron chi connectivity index (χ4n) is 5.42. The largest absolute Gasteiger partial charge is 0.385 e. The molecule has 2 aromatic rings. The molecule has 2 fully saturated rings. The maximum Gasteiger partial charge on any atom is 0.227 e. The first-order valence-electron chi connectivity index (χ1n) is 13.4. The summed E-state index contributed by atoms with van der Waals surface area (Å²) in [7, 11) is 1.74. The highest BCUT2D eigenvalue weighted by atomic mass is 16.5. The molecule has 1 saturated carbocycles. The summed E-state index contributed by atoms with van der Waals surface area (Å²) < 4.78 is 7.54. The van der Waals surface area contributed by atoms with Crippen molar-refractivity contribution in [3.63, 3.8) is 0 Å². The van der Waals surface area contributed by atoms with Crippen LogP contribution in [0.4, 0.5) is 0 Å². The Hall–Kier alpha value is -2.38. The zero-order valence-corrected chi connectivity index (χ0v) is 21.6. The number of aryl methyl sites for hydroxylation is 1. The molecular weight excluding hydrogens is 440 g/mol. The molecule has 2 atom stereocenters. The Labute approximate surface area is 209 Å². The molecular formula is C28H42N4O3. The number of benzene rings is 1. The number of rotatable bonds is 12. The second-order valence-electron chi connectivity index (χ2n) is 10.2. The smallest absolute Gasteiger partial charge is 0.227 e. The number of para-hydroxylation sites is 1. The number of carbonyl (C=O) groups excluding carboxylic acids is 2. The first-order chi connectivity index (χ1) is 17.0. The summed E-state index contributed by atoms with van der Waals surface area (Å²) in [5, 5.41) is 7.84. The predicted octanol–water partition coefficient (Wildman–Crippen LogP) is 3.70. The van der Waals surface area contributed by atoms with Crippen molar-refractivity contribution in [2.24, 2.45) is 11.8 Å².